The van der Waals surface area contributed by atoms with Gasteiger partial charge >= 0.3 is 7.82 Å². The summed E-state index contributed by atoms with van der Waals surface area (Å²) in [7, 11) is -3.68. The zero-order chi connectivity index (χ0) is 33.4. The predicted molar refractivity (Wildman–Crippen MR) is 164 cm³/mol. The van der Waals surface area contributed by atoms with Crippen molar-refractivity contribution in [3.05, 3.63) is 65.8 Å². The number of rotatable bonds is 8. The van der Waals surface area contributed by atoms with Crippen molar-refractivity contribution >= 4 is 36.0 Å². The van der Waals surface area contributed by atoms with Crippen LogP contribution in [0.2, 0.25) is 0 Å². The summed E-state index contributed by atoms with van der Waals surface area (Å²) in [5, 5.41) is 14.3. The summed E-state index contributed by atoms with van der Waals surface area (Å²) < 4.78 is 25.8. The smallest absolute Gasteiger partial charge is 0.471 e. The van der Waals surface area contributed by atoms with E-state index in [0.717, 1.165) is 5.57 Å². The fraction of sp³-hybridized carbons (Fsp3) is 0.367. The summed E-state index contributed by atoms with van der Waals surface area (Å²) in [6.07, 6.45) is 5.14. The topological polar surface area (TPSA) is 199 Å². The molecule has 240 valence electrons. The van der Waals surface area contributed by atoms with Crippen LogP contribution in [0.5, 0.6) is 5.75 Å². The summed E-state index contributed by atoms with van der Waals surface area (Å²) in [5.74, 6) is -0.912. The van der Waals surface area contributed by atoms with E-state index in [1.807, 2.05) is 0 Å². The number of carbonyl (C=O) groups is 2. The maximum atomic E-state index is 14.1. The Kier molecular flexibility index (Phi) is 8.92. The Morgan fingerprint density at radius 2 is 1.85 bits per heavy atom. The molecular weight excluding hydrogens is 615 g/mol. The Morgan fingerprint density at radius 1 is 1.13 bits per heavy atom. The van der Waals surface area contributed by atoms with Gasteiger partial charge in [0, 0.05) is 30.9 Å². The fourth-order valence-electron chi connectivity index (χ4n) is 5.45. The zero-order valence-electron chi connectivity index (χ0n) is 25.9. The number of fused-ring (bicyclic) bond motifs is 1. The van der Waals surface area contributed by atoms with E-state index in [1.54, 1.807) is 52.1 Å². The van der Waals surface area contributed by atoms with Crippen molar-refractivity contribution in [3.63, 3.8) is 0 Å². The van der Waals surface area contributed by atoms with Crippen LogP contribution in [-0.2, 0) is 13.9 Å². The average molecular weight is 649 g/mol. The van der Waals surface area contributed by atoms with Crippen LogP contribution in [0, 0.1) is 23.7 Å². The van der Waals surface area contributed by atoms with E-state index in [4.69, 9.17) is 9.26 Å². The van der Waals surface area contributed by atoms with Crippen molar-refractivity contribution in [2.24, 2.45) is 5.41 Å². The van der Waals surface area contributed by atoms with Crippen LogP contribution in [0.3, 0.4) is 0 Å². The number of allylic oxidation sites excluding steroid dienone is 1. The lowest BCUT2D eigenvalue weighted by atomic mass is 9.94. The highest BCUT2D eigenvalue weighted by Gasteiger charge is 2.38. The molecule has 1 amide bonds. The molecule has 5 heterocycles. The number of phosphoric acid groups is 1. The monoisotopic (exact) mass is 648 g/mol. The number of hydrogen-bond donors (Lipinski definition) is 2. The van der Waals surface area contributed by atoms with Gasteiger partial charge in [0.15, 0.2) is 12.0 Å². The number of phosphoric ester groups is 1. The van der Waals surface area contributed by atoms with E-state index in [2.05, 4.69) is 26.1 Å². The molecule has 2 N–H and O–H groups in total. The van der Waals surface area contributed by atoms with Crippen molar-refractivity contribution in [1.29, 1.82) is 5.26 Å². The first kappa shape index (κ1) is 32.6. The number of aromatic nitrogens is 6. The molecule has 16 heteroatoms. The van der Waals surface area contributed by atoms with Gasteiger partial charge in [-0.05, 0) is 37.5 Å². The van der Waals surface area contributed by atoms with E-state index < -0.39 is 31.2 Å². The summed E-state index contributed by atoms with van der Waals surface area (Å²) in [5.41, 5.74) is 1.03. The van der Waals surface area contributed by atoms with Gasteiger partial charge in [0.1, 0.15) is 29.5 Å². The SMILES string of the molecule is COc1cnc(-n2cnc(C)n2)c2c1c(C(=O)C(=O)N1CCC(=C(C#N)c3ccccn3)CC1)cn2C(OP(=O)(O)O)C(C)(C)C. The summed E-state index contributed by atoms with van der Waals surface area (Å²) >= 11 is 0. The van der Waals surface area contributed by atoms with Gasteiger partial charge in [-0.3, -0.25) is 19.1 Å². The molecule has 4 aromatic rings. The van der Waals surface area contributed by atoms with E-state index >= 15 is 0 Å². The van der Waals surface area contributed by atoms with Gasteiger partial charge in [0.05, 0.1) is 35.5 Å². The maximum Gasteiger partial charge on any atom is 0.471 e. The van der Waals surface area contributed by atoms with Crippen molar-refractivity contribution in [2.75, 3.05) is 20.2 Å². The number of ketones is 1. The van der Waals surface area contributed by atoms with Crippen molar-refractivity contribution < 1.29 is 33.2 Å². The van der Waals surface area contributed by atoms with E-state index in [9.17, 15) is 29.2 Å². The average Bonchev–Trinajstić information content (AvgIpc) is 3.63. The number of nitriles is 1. The molecule has 0 aliphatic carbocycles. The Bertz CT molecular complexity index is 1920. The quantitative estimate of drug-likeness (QED) is 0.122. The second kappa shape index (κ2) is 12.6. The molecule has 4 aromatic heterocycles. The van der Waals surface area contributed by atoms with Gasteiger partial charge in [-0.25, -0.2) is 19.2 Å². The summed E-state index contributed by atoms with van der Waals surface area (Å²) in [4.78, 5) is 61.8. The number of ether oxygens (including phenoxy) is 1. The van der Waals surface area contributed by atoms with Gasteiger partial charge in [0.2, 0.25) is 0 Å². The number of Topliss-reactive ketones (excluding diaryl/α,β-unsaturated/α-hetero) is 1. The van der Waals surface area contributed by atoms with Crippen molar-refractivity contribution in [2.45, 2.75) is 46.8 Å². The standard InChI is InChI=1S/C30H33N8O7P/c1-18-34-17-38(35-18)27-25-24(23(44-5)15-33-27)21(16-37(25)29(30(2,3)4)45-46(41,42)43)26(39)28(40)36-12-9-19(10-13-36)20(14-31)22-8-6-7-11-32-22/h6-8,11,15-17,29H,9-10,12-13H2,1-5H3,(H2,41,42,43). The van der Waals surface area contributed by atoms with Crippen LogP contribution in [0.1, 0.15) is 61.7 Å². The minimum absolute atomic E-state index is 0.0755. The Morgan fingerprint density at radius 3 is 2.39 bits per heavy atom. The molecule has 1 fully saturated rings. The normalized spacial score (nSPS) is 14.7. The first-order valence-corrected chi connectivity index (χ1v) is 15.8. The third-order valence-corrected chi connectivity index (χ3v) is 8.02. The number of likely N-dealkylation sites (tertiary alicyclic amines) is 1. The van der Waals surface area contributed by atoms with Gasteiger partial charge in [-0.1, -0.05) is 26.8 Å². The van der Waals surface area contributed by atoms with Gasteiger partial charge in [-0.2, -0.15) is 10.4 Å². The van der Waals surface area contributed by atoms with E-state index in [-0.39, 0.29) is 41.1 Å². The molecule has 0 bridgehead atoms. The molecule has 1 unspecified atom stereocenters. The number of piperidine rings is 1. The largest absolute Gasteiger partial charge is 0.494 e. The van der Waals surface area contributed by atoms with Crippen LogP contribution in [0.25, 0.3) is 22.3 Å². The first-order valence-electron chi connectivity index (χ1n) is 14.3. The lowest BCUT2D eigenvalue weighted by molar-refractivity contribution is -0.126. The molecule has 5 rings (SSSR count). The third-order valence-electron chi connectivity index (χ3n) is 7.55. The molecule has 46 heavy (non-hydrogen) atoms. The number of hydrogen-bond acceptors (Lipinski definition) is 10. The molecule has 1 aliphatic heterocycles. The van der Waals surface area contributed by atoms with Crippen molar-refractivity contribution in [3.8, 4) is 17.6 Å². The molecule has 0 aromatic carbocycles. The van der Waals surface area contributed by atoms with Gasteiger partial charge in [0.25, 0.3) is 11.7 Å². The maximum absolute atomic E-state index is 14.1. The zero-order valence-corrected chi connectivity index (χ0v) is 26.8. The van der Waals surface area contributed by atoms with Gasteiger partial charge < -0.3 is 24.0 Å². The second-order valence-electron chi connectivity index (χ2n) is 11.8. The molecule has 1 aliphatic rings. The highest BCUT2D eigenvalue weighted by molar-refractivity contribution is 7.46. The van der Waals surface area contributed by atoms with Crippen LogP contribution >= 0.6 is 7.82 Å². The minimum atomic E-state index is -5.06. The first-order chi connectivity index (χ1) is 21.7. The molecule has 0 spiro atoms. The summed E-state index contributed by atoms with van der Waals surface area (Å²) in [6, 6.07) is 7.53. The molecule has 1 atom stereocenters. The Labute approximate surface area is 264 Å². The van der Waals surface area contributed by atoms with Crippen LogP contribution in [0.15, 0.2) is 48.7 Å². The molecular formula is C30H33N8O7P. The number of aryl methyl sites for hydroxylation is 1. The number of carbonyl (C=O) groups excluding carboxylic acids is 2. The van der Waals surface area contributed by atoms with Crippen LogP contribution < -0.4 is 4.74 Å². The Hall–Kier alpha value is -4.74. The minimum Gasteiger partial charge on any atom is -0.494 e. The summed E-state index contributed by atoms with van der Waals surface area (Å²) in [6.45, 7) is 7.19. The highest BCUT2D eigenvalue weighted by atomic mass is 31.2. The van der Waals surface area contributed by atoms with Gasteiger partial charge in [-0.15, -0.1) is 0 Å². The van der Waals surface area contributed by atoms with E-state index in [1.165, 1.54) is 40.0 Å². The molecule has 15 nitrogen and oxygen atoms in total. The molecule has 1 saturated heterocycles. The number of amides is 1. The van der Waals surface area contributed by atoms with Crippen molar-refractivity contribution in [1.82, 2.24) is 34.2 Å². The highest BCUT2D eigenvalue weighted by Crippen LogP contribution is 2.49. The predicted octanol–water partition coefficient (Wildman–Crippen LogP) is 3.77. The lowest BCUT2D eigenvalue weighted by Gasteiger charge is -2.32. The fourth-order valence-corrected chi connectivity index (χ4v) is 6.13. The lowest BCUT2D eigenvalue weighted by Crippen LogP contribution is -2.40. The Balaban J connectivity index is 1.60. The number of methoxy groups -OCH3 is 1. The number of pyridine rings is 2. The number of nitrogens with zero attached hydrogens (tertiary/aromatic N) is 8. The molecule has 0 saturated carbocycles. The van der Waals surface area contributed by atoms with E-state index in [0.29, 0.717) is 29.9 Å². The van der Waals surface area contributed by atoms with Crippen LogP contribution in [-0.4, -0.2) is 75.9 Å². The van der Waals surface area contributed by atoms with Crippen LogP contribution in [0.4, 0.5) is 0 Å². The third kappa shape index (κ3) is 6.47. The molecule has 0 radical (unpaired) electrons. The second-order valence-corrected chi connectivity index (χ2v) is 13.0.